The molecule has 1 amide bonds. The smallest absolute Gasteiger partial charge is 0.338 e. The van der Waals surface area contributed by atoms with Crippen molar-refractivity contribution >= 4 is 28.7 Å². The van der Waals surface area contributed by atoms with Crippen LogP contribution in [0.5, 0.6) is 0 Å². The van der Waals surface area contributed by atoms with E-state index in [2.05, 4.69) is 10.3 Å². The minimum Gasteiger partial charge on any atom is -0.452 e. The number of rotatable bonds is 6. The van der Waals surface area contributed by atoms with Gasteiger partial charge in [0.25, 0.3) is 5.91 Å². The lowest BCUT2D eigenvalue weighted by atomic mass is 10.0. The highest BCUT2D eigenvalue weighted by Crippen LogP contribution is 2.31. The molecule has 3 aromatic carbocycles. The average Bonchev–Trinajstić information content (AvgIpc) is 2.93. The van der Waals surface area contributed by atoms with Gasteiger partial charge in [0.1, 0.15) is 5.82 Å². The highest BCUT2D eigenvalue weighted by molar-refractivity contribution is 5.97. The molecule has 0 atom stereocenters. The van der Waals surface area contributed by atoms with E-state index in [1.165, 1.54) is 0 Å². The molecule has 0 aliphatic carbocycles. The molecule has 0 bridgehead atoms. The normalized spacial score (nSPS) is 10.8. The number of fused-ring (bicyclic) bond motifs is 1. The van der Waals surface area contributed by atoms with Gasteiger partial charge in [-0.05, 0) is 50.6 Å². The number of esters is 1. The molecule has 0 radical (unpaired) electrons. The lowest BCUT2D eigenvalue weighted by molar-refractivity contribution is -0.119. The minimum atomic E-state index is -0.624. The summed E-state index contributed by atoms with van der Waals surface area (Å²) in [5.41, 5.74) is 7.97. The van der Waals surface area contributed by atoms with Gasteiger partial charge in [0.05, 0.1) is 28.0 Å². The van der Waals surface area contributed by atoms with Crippen molar-refractivity contribution in [3.63, 3.8) is 0 Å². The molecule has 2 heterocycles. The quantitative estimate of drug-likeness (QED) is 0.283. The number of carbonyl (C=O) groups is 2. The van der Waals surface area contributed by atoms with Crippen LogP contribution in [0.4, 0.5) is 5.82 Å². The Labute approximate surface area is 220 Å². The predicted molar refractivity (Wildman–Crippen MR) is 148 cm³/mol. The van der Waals surface area contributed by atoms with Crippen LogP contribution >= 0.6 is 0 Å². The van der Waals surface area contributed by atoms with Crippen molar-refractivity contribution in [2.45, 2.75) is 20.8 Å². The van der Waals surface area contributed by atoms with E-state index in [4.69, 9.17) is 14.7 Å². The number of hydrogen-bond donors (Lipinski definition) is 1. The van der Waals surface area contributed by atoms with Crippen LogP contribution in [0.3, 0.4) is 0 Å². The molecule has 7 heteroatoms. The Morgan fingerprint density at radius 3 is 1.97 bits per heavy atom. The molecule has 0 fully saturated rings. The Kier molecular flexibility index (Phi) is 6.91. The molecule has 7 nitrogen and oxygen atoms in total. The first-order chi connectivity index (χ1) is 18.4. The lowest BCUT2D eigenvalue weighted by Gasteiger charge is -2.12. The first kappa shape index (κ1) is 24.8. The maximum Gasteiger partial charge on any atom is 0.338 e. The third-order valence-electron chi connectivity index (χ3n) is 6.15. The zero-order valence-electron chi connectivity index (χ0n) is 21.4. The molecule has 1 N–H and O–H groups in total. The van der Waals surface area contributed by atoms with Gasteiger partial charge in [0.2, 0.25) is 0 Å². The summed E-state index contributed by atoms with van der Waals surface area (Å²) < 4.78 is 5.26. The Bertz CT molecular complexity index is 1650. The molecular weight excluding hydrogens is 476 g/mol. The Hall–Kier alpha value is -4.91. The van der Waals surface area contributed by atoms with Gasteiger partial charge in [-0.3, -0.25) is 4.79 Å². The highest BCUT2D eigenvalue weighted by Gasteiger charge is 2.16. The fourth-order valence-electron chi connectivity index (χ4n) is 4.01. The number of nitrogens with zero attached hydrogens (tertiary/aromatic N) is 3. The number of pyridine rings is 1. The molecule has 5 rings (SSSR count). The summed E-state index contributed by atoms with van der Waals surface area (Å²) in [6, 6.07) is 24.9. The third kappa shape index (κ3) is 5.42. The van der Waals surface area contributed by atoms with E-state index >= 15 is 0 Å². The first-order valence-electron chi connectivity index (χ1n) is 12.2. The summed E-state index contributed by atoms with van der Waals surface area (Å²) >= 11 is 0. The van der Waals surface area contributed by atoms with Crippen LogP contribution in [0.25, 0.3) is 33.5 Å². The van der Waals surface area contributed by atoms with Gasteiger partial charge < -0.3 is 10.1 Å². The number of nitrogens with one attached hydrogen (secondary N) is 1. The van der Waals surface area contributed by atoms with Gasteiger partial charge in [0, 0.05) is 17.3 Å². The zero-order valence-corrected chi connectivity index (χ0v) is 21.4. The van der Waals surface area contributed by atoms with E-state index in [0.717, 1.165) is 39.2 Å². The van der Waals surface area contributed by atoms with Crippen LogP contribution in [0.1, 0.15) is 27.0 Å². The zero-order chi connectivity index (χ0) is 26.6. The molecule has 0 unspecified atom stereocenters. The largest absolute Gasteiger partial charge is 0.452 e. The van der Waals surface area contributed by atoms with Crippen molar-refractivity contribution in [2.24, 2.45) is 0 Å². The standard InChI is InChI=1S/C31H26N4O3/c1-19-6-10-22(11-7-19)28-29(23-12-8-20(2)9-13-23)34-26-17-24(14-15-25(26)33-28)31(37)38-18-27(36)35-30-21(3)5-4-16-32-30/h4-17H,18H2,1-3H3,(H,32,35,36). The number of hydrogen-bond acceptors (Lipinski definition) is 6. The van der Waals surface area contributed by atoms with Crippen molar-refractivity contribution in [1.82, 2.24) is 15.0 Å². The van der Waals surface area contributed by atoms with Crippen molar-refractivity contribution < 1.29 is 14.3 Å². The number of anilines is 1. The van der Waals surface area contributed by atoms with Crippen LogP contribution < -0.4 is 5.32 Å². The summed E-state index contributed by atoms with van der Waals surface area (Å²) in [7, 11) is 0. The molecule has 38 heavy (non-hydrogen) atoms. The second-order valence-corrected chi connectivity index (χ2v) is 9.15. The highest BCUT2D eigenvalue weighted by atomic mass is 16.5. The molecular formula is C31H26N4O3. The summed E-state index contributed by atoms with van der Waals surface area (Å²) in [5, 5.41) is 2.65. The number of amides is 1. The Balaban J connectivity index is 1.43. The minimum absolute atomic E-state index is 0.284. The van der Waals surface area contributed by atoms with Gasteiger partial charge in [-0.1, -0.05) is 65.7 Å². The molecule has 0 saturated heterocycles. The van der Waals surface area contributed by atoms with Crippen molar-refractivity contribution in [2.75, 3.05) is 11.9 Å². The van der Waals surface area contributed by atoms with Crippen LogP contribution in [-0.2, 0) is 9.53 Å². The van der Waals surface area contributed by atoms with E-state index in [0.29, 0.717) is 16.9 Å². The van der Waals surface area contributed by atoms with E-state index in [1.807, 2.05) is 75.4 Å². The summed E-state index contributed by atoms with van der Waals surface area (Å²) in [6.45, 7) is 5.48. The van der Waals surface area contributed by atoms with Gasteiger partial charge in [-0.15, -0.1) is 0 Å². The molecule has 0 spiro atoms. The van der Waals surface area contributed by atoms with E-state index in [9.17, 15) is 9.59 Å². The van der Waals surface area contributed by atoms with E-state index in [1.54, 1.807) is 30.5 Å². The fraction of sp³-hybridized carbons (Fsp3) is 0.129. The fourth-order valence-corrected chi connectivity index (χ4v) is 4.01. The number of benzene rings is 3. The van der Waals surface area contributed by atoms with E-state index in [-0.39, 0.29) is 5.56 Å². The van der Waals surface area contributed by atoms with Gasteiger partial charge in [-0.25, -0.2) is 19.7 Å². The van der Waals surface area contributed by atoms with Crippen molar-refractivity contribution in [1.29, 1.82) is 0 Å². The molecule has 188 valence electrons. The first-order valence-corrected chi connectivity index (χ1v) is 12.2. The van der Waals surface area contributed by atoms with Gasteiger partial charge in [0.15, 0.2) is 6.61 Å². The SMILES string of the molecule is Cc1ccc(-c2nc3ccc(C(=O)OCC(=O)Nc4ncccc4C)cc3nc2-c2ccc(C)cc2)cc1. The molecule has 5 aromatic rings. The van der Waals surface area contributed by atoms with Gasteiger partial charge in [-0.2, -0.15) is 0 Å². The Morgan fingerprint density at radius 1 is 0.763 bits per heavy atom. The molecule has 0 aliphatic heterocycles. The van der Waals surface area contributed by atoms with Crippen molar-refractivity contribution in [3.05, 3.63) is 107 Å². The second kappa shape index (κ2) is 10.6. The van der Waals surface area contributed by atoms with Crippen molar-refractivity contribution in [3.8, 4) is 22.5 Å². The lowest BCUT2D eigenvalue weighted by Crippen LogP contribution is -2.21. The Morgan fingerprint density at radius 2 is 1.37 bits per heavy atom. The monoisotopic (exact) mass is 502 g/mol. The molecule has 0 aliphatic rings. The topological polar surface area (TPSA) is 94.1 Å². The van der Waals surface area contributed by atoms with Crippen LogP contribution in [0.15, 0.2) is 85.1 Å². The van der Waals surface area contributed by atoms with Crippen LogP contribution in [0.2, 0.25) is 0 Å². The number of aryl methyl sites for hydroxylation is 3. The number of carbonyl (C=O) groups excluding carboxylic acids is 2. The summed E-state index contributed by atoms with van der Waals surface area (Å²) in [5.74, 6) is -0.659. The summed E-state index contributed by atoms with van der Waals surface area (Å²) in [4.78, 5) is 39.0. The molecule has 2 aromatic heterocycles. The number of ether oxygens (including phenoxy) is 1. The van der Waals surface area contributed by atoms with E-state index < -0.39 is 18.5 Å². The van der Waals surface area contributed by atoms with Crippen LogP contribution in [-0.4, -0.2) is 33.4 Å². The van der Waals surface area contributed by atoms with Crippen LogP contribution in [0, 0.1) is 20.8 Å². The third-order valence-corrected chi connectivity index (χ3v) is 6.15. The number of aromatic nitrogens is 3. The maximum atomic E-state index is 12.8. The average molecular weight is 503 g/mol. The molecule has 0 saturated carbocycles. The second-order valence-electron chi connectivity index (χ2n) is 9.15. The summed E-state index contributed by atoms with van der Waals surface area (Å²) in [6.07, 6.45) is 1.58. The predicted octanol–water partition coefficient (Wildman–Crippen LogP) is 6.08. The maximum absolute atomic E-state index is 12.8. The van der Waals surface area contributed by atoms with Gasteiger partial charge >= 0.3 is 5.97 Å².